The van der Waals surface area contributed by atoms with Gasteiger partial charge in [-0.3, -0.25) is 18.6 Å². The lowest BCUT2D eigenvalue weighted by atomic mass is 9.87. The summed E-state index contributed by atoms with van der Waals surface area (Å²) < 4.78 is 39.9. The number of ether oxygens (including phenoxy) is 3. The molecular weight excluding hydrogens is 838 g/mol. The van der Waals surface area contributed by atoms with Gasteiger partial charge in [0.15, 0.2) is 12.4 Å². The molecule has 0 spiro atoms. The summed E-state index contributed by atoms with van der Waals surface area (Å²) in [6.45, 7) is 3.77. The Balaban J connectivity index is 2.57. The average Bonchev–Trinajstić information content (AvgIpc) is 3.23. The summed E-state index contributed by atoms with van der Waals surface area (Å²) in [6, 6.07) is 0. The van der Waals surface area contributed by atoms with Crippen LogP contribution in [-0.2, 0) is 37.4 Å². The third-order valence-electron chi connectivity index (χ3n) is 9.91. The number of carbonyl (C=O) groups is 2. The van der Waals surface area contributed by atoms with Crippen LogP contribution in [0.4, 0.5) is 0 Å². The average molecular weight is 921 g/mol. The molecule has 7 atom stereocenters. The summed E-state index contributed by atoms with van der Waals surface area (Å²) in [5.41, 5.74) is 0. The third kappa shape index (κ3) is 34.2. The van der Waals surface area contributed by atoms with E-state index in [-0.39, 0.29) is 38.4 Å². The van der Waals surface area contributed by atoms with E-state index in [9.17, 15) is 34.4 Å². The van der Waals surface area contributed by atoms with Crippen molar-refractivity contribution in [3.63, 3.8) is 0 Å². The first-order valence-corrected chi connectivity index (χ1v) is 24.9. The number of nitrogens with zero attached hydrogens (tertiary/aromatic N) is 1. The maximum Gasteiger partial charge on any atom is 0.472 e. The Morgan fingerprint density at radius 1 is 0.750 bits per heavy atom. The maximum atomic E-state index is 12.8. The highest BCUT2D eigenvalue weighted by Gasteiger charge is 2.35. The number of aliphatic hydroxyl groups is 3. The Labute approximate surface area is 385 Å². The third-order valence-corrected chi connectivity index (χ3v) is 10.9. The normalized spacial score (nSPS) is 20.9. The number of phosphoric ester groups is 1. The molecule has 1 saturated heterocycles. The van der Waals surface area contributed by atoms with Crippen LogP contribution in [0.2, 0.25) is 0 Å². The van der Waals surface area contributed by atoms with Gasteiger partial charge < -0.3 is 38.9 Å². The van der Waals surface area contributed by atoms with Gasteiger partial charge in [-0.15, -0.1) is 0 Å². The molecule has 1 fully saturated rings. The molecule has 0 aliphatic carbocycles. The second kappa shape index (κ2) is 36.9. The number of allylic oxidation sites excluding steroid dienone is 14. The quantitative estimate of drug-likeness (QED) is 0.0154. The molecule has 4 N–H and O–H groups in total. The van der Waals surface area contributed by atoms with E-state index in [1.807, 2.05) is 45.4 Å². The number of hydrogen-bond acceptors (Lipinski definition) is 11. The van der Waals surface area contributed by atoms with E-state index < -0.39 is 57.1 Å². The van der Waals surface area contributed by atoms with Crippen LogP contribution in [0.25, 0.3) is 0 Å². The molecule has 364 valence electrons. The molecule has 0 bridgehead atoms. The predicted octanol–water partition coefficient (Wildman–Crippen LogP) is 9.46. The maximum absolute atomic E-state index is 12.8. The molecule has 14 heteroatoms. The number of rotatable bonds is 36. The summed E-state index contributed by atoms with van der Waals surface area (Å²) in [4.78, 5) is 35.6. The van der Waals surface area contributed by atoms with E-state index >= 15 is 0 Å². The van der Waals surface area contributed by atoms with Crippen molar-refractivity contribution in [2.75, 3.05) is 47.5 Å². The smallest absolute Gasteiger partial charge is 0.462 e. The van der Waals surface area contributed by atoms with Gasteiger partial charge in [-0.05, 0) is 70.6 Å². The minimum atomic E-state index is -4.48. The van der Waals surface area contributed by atoms with E-state index in [4.69, 9.17) is 23.3 Å². The van der Waals surface area contributed by atoms with Crippen molar-refractivity contribution >= 4 is 19.8 Å². The molecule has 1 aliphatic rings. The van der Waals surface area contributed by atoms with Crippen LogP contribution in [0.1, 0.15) is 123 Å². The first-order chi connectivity index (χ1) is 30.7. The number of esters is 2. The Kier molecular flexibility index (Phi) is 33.9. The summed E-state index contributed by atoms with van der Waals surface area (Å²) in [7, 11) is 1.25. The van der Waals surface area contributed by atoms with Gasteiger partial charge >= 0.3 is 19.8 Å². The van der Waals surface area contributed by atoms with E-state index in [2.05, 4.69) is 74.6 Å². The second-order valence-corrected chi connectivity index (χ2v) is 18.4. The second-order valence-electron chi connectivity index (χ2n) is 16.9. The standard InChI is InChI=1S/C50H82NO12P/c1-6-8-10-11-12-13-14-15-16-17-18-19-20-21-22-23-24-25-30-34-48(54)59-41-44(42-61-64(57,58)60-39-38-51(3,4)5)62-49(55)35-31-27-26-29-33-45-46(53)40-50(56)63-47(45)37-36-43(52)32-28-9-7-2/h8,10,12-13,15-16,18-19,21-22,24-26,29,36-37,43-47,50,52-53,56H,6-7,9,11,14,17,20,23,27-28,30-35,38-42H2,1-5H3/p+1/b10-8-,13-12-,16-15-,19-18-,22-21-,25-24-,29-26-,37-36+/t43-,44+,45-,46-,47+,50?/m0/s1. The zero-order chi connectivity index (χ0) is 47.3. The first kappa shape index (κ1) is 58.8. The Hall–Kier alpha value is -3.23. The largest absolute Gasteiger partial charge is 0.472 e. The van der Waals surface area contributed by atoms with Crippen molar-refractivity contribution in [2.24, 2.45) is 5.92 Å². The van der Waals surface area contributed by atoms with Gasteiger partial charge in [0, 0.05) is 25.2 Å². The van der Waals surface area contributed by atoms with Gasteiger partial charge in [-0.25, -0.2) is 4.57 Å². The minimum Gasteiger partial charge on any atom is -0.462 e. The number of aliphatic hydroxyl groups excluding tert-OH is 3. The molecule has 0 amide bonds. The van der Waals surface area contributed by atoms with Gasteiger partial charge in [0.1, 0.15) is 19.8 Å². The number of carbonyl (C=O) groups excluding carboxylic acids is 2. The fourth-order valence-electron chi connectivity index (χ4n) is 6.19. The fourth-order valence-corrected chi connectivity index (χ4v) is 6.94. The van der Waals surface area contributed by atoms with Gasteiger partial charge in [0.2, 0.25) is 0 Å². The number of unbranched alkanes of at least 4 members (excludes halogenated alkanes) is 3. The van der Waals surface area contributed by atoms with E-state index in [0.29, 0.717) is 43.1 Å². The van der Waals surface area contributed by atoms with Crippen LogP contribution in [0, 0.1) is 5.92 Å². The zero-order valence-corrected chi connectivity index (χ0v) is 40.4. The monoisotopic (exact) mass is 921 g/mol. The molecular formula is C50H83NO12P+. The molecule has 0 aromatic rings. The lowest BCUT2D eigenvalue weighted by Crippen LogP contribution is -2.43. The lowest BCUT2D eigenvalue weighted by Gasteiger charge is -2.36. The highest BCUT2D eigenvalue weighted by Crippen LogP contribution is 2.43. The summed E-state index contributed by atoms with van der Waals surface area (Å²) >= 11 is 0. The van der Waals surface area contributed by atoms with Crippen LogP contribution < -0.4 is 0 Å². The fraction of sp³-hybridized carbons (Fsp3) is 0.640. The summed E-state index contributed by atoms with van der Waals surface area (Å²) in [5, 5.41) is 31.1. The van der Waals surface area contributed by atoms with Crippen molar-refractivity contribution < 1.29 is 62.1 Å². The molecule has 0 aromatic carbocycles. The molecule has 0 radical (unpaired) electrons. The number of phosphoric acid groups is 1. The van der Waals surface area contributed by atoms with E-state index in [1.54, 1.807) is 12.2 Å². The van der Waals surface area contributed by atoms with Crippen molar-refractivity contribution in [1.82, 2.24) is 0 Å². The molecule has 1 heterocycles. The zero-order valence-electron chi connectivity index (χ0n) is 39.5. The molecule has 0 aromatic heterocycles. The number of hydrogen-bond donors (Lipinski definition) is 4. The molecule has 0 saturated carbocycles. The molecule has 1 rings (SSSR count). The summed E-state index contributed by atoms with van der Waals surface area (Å²) in [5.74, 6) is -1.43. The van der Waals surface area contributed by atoms with Gasteiger partial charge in [-0.1, -0.05) is 130 Å². The van der Waals surface area contributed by atoms with Crippen molar-refractivity contribution in [3.8, 4) is 0 Å². The molecule has 2 unspecified atom stereocenters. The van der Waals surface area contributed by atoms with Gasteiger partial charge in [0.05, 0.1) is 46.1 Å². The molecule has 64 heavy (non-hydrogen) atoms. The lowest BCUT2D eigenvalue weighted by molar-refractivity contribution is -0.870. The van der Waals surface area contributed by atoms with Gasteiger partial charge in [0.25, 0.3) is 0 Å². The molecule has 1 aliphatic heterocycles. The Morgan fingerprint density at radius 2 is 1.34 bits per heavy atom. The predicted molar refractivity (Wildman–Crippen MR) is 255 cm³/mol. The van der Waals surface area contributed by atoms with Crippen LogP contribution in [0.15, 0.2) is 97.2 Å². The highest BCUT2D eigenvalue weighted by atomic mass is 31.2. The van der Waals surface area contributed by atoms with E-state index in [1.165, 1.54) is 0 Å². The van der Waals surface area contributed by atoms with Crippen LogP contribution >= 0.6 is 7.82 Å². The van der Waals surface area contributed by atoms with Crippen LogP contribution in [0.3, 0.4) is 0 Å². The SMILES string of the molecule is CC/C=C\C/C=C\C/C=C\C/C=C\C/C=C\C/C=C\CCC(=O)OC[C@H](COP(=O)(O)OCC[N+](C)(C)C)OC(=O)CCC/C=C\C[C@H]1[C@@H](O)CC(O)O[C@@H]1/C=C/[C@@H](O)CCCCC. The van der Waals surface area contributed by atoms with Crippen molar-refractivity contribution in [3.05, 3.63) is 97.2 Å². The van der Waals surface area contributed by atoms with Gasteiger partial charge in [-0.2, -0.15) is 0 Å². The summed E-state index contributed by atoms with van der Waals surface area (Å²) in [6.07, 6.45) is 39.5. The Bertz CT molecular complexity index is 1530. The Morgan fingerprint density at radius 3 is 1.94 bits per heavy atom. The van der Waals surface area contributed by atoms with Crippen LogP contribution in [0.5, 0.6) is 0 Å². The van der Waals surface area contributed by atoms with E-state index in [0.717, 1.165) is 57.8 Å². The van der Waals surface area contributed by atoms with Crippen molar-refractivity contribution in [2.45, 2.75) is 154 Å². The van der Waals surface area contributed by atoms with Crippen LogP contribution in [-0.4, -0.2) is 115 Å². The first-order valence-electron chi connectivity index (χ1n) is 23.4. The van der Waals surface area contributed by atoms with Crippen molar-refractivity contribution in [1.29, 1.82) is 0 Å². The minimum absolute atomic E-state index is 0.0247. The highest BCUT2D eigenvalue weighted by molar-refractivity contribution is 7.47. The number of quaternary nitrogens is 1. The molecule has 13 nitrogen and oxygen atoms in total. The number of likely N-dealkylation sites (N-methyl/N-ethyl adjacent to an activating group) is 1. The topological polar surface area (TPSA) is 178 Å².